The maximum atomic E-state index is 12.1. The second kappa shape index (κ2) is 18.8. The molecule has 0 spiro atoms. The molecule has 0 aliphatic rings. The second-order valence-corrected chi connectivity index (χ2v) is 8.75. The number of ketones is 1. The normalized spacial score (nSPS) is 11.6. The van der Waals surface area contributed by atoms with E-state index >= 15 is 0 Å². The Hall–Kier alpha value is -1.90. The van der Waals surface area contributed by atoms with E-state index in [2.05, 4.69) is 6.92 Å². The zero-order valence-electron chi connectivity index (χ0n) is 19.7. The summed E-state index contributed by atoms with van der Waals surface area (Å²) < 4.78 is 0. The first kappa shape index (κ1) is 27.1. The lowest BCUT2D eigenvalue weighted by molar-refractivity contribution is -0.130. The number of benzene rings is 1. The number of carboxylic acids is 1. The van der Waals surface area contributed by atoms with Gasteiger partial charge in [-0.3, -0.25) is 4.79 Å². The number of hydrogen-bond donors (Lipinski definition) is 1. The quantitative estimate of drug-likeness (QED) is 0.168. The Kier molecular flexibility index (Phi) is 16.5. The molecular weight excluding hydrogens is 384 g/mol. The van der Waals surface area contributed by atoms with Gasteiger partial charge in [-0.25, -0.2) is 4.79 Å². The zero-order valence-corrected chi connectivity index (χ0v) is 19.7. The van der Waals surface area contributed by atoms with E-state index in [-0.39, 0.29) is 11.4 Å². The van der Waals surface area contributed by atoms with Gasteiger partial charge in [-0.2, -0.15) is 0 Å². The molecule has 0 saturated heterocycles. The summed E-state index contributed by atoms with van der Waals surface area (Å²) in [5, 5.41) is 9.37. The molecule has 0 heterocycles. The van der Waals surface area contributed by atoms with Gasteiger partial charge in [0.05, 0.1) is 5.57 Å². The van der Waals surface area contributed by atoms with Crippen LogP contribution in [0.25, 0.3) is 5.57 Å². The molecule has 0 fully saturated rings. The van der Waals surface area contributed by atoms with Gasteiger partial charge in [-0.05, 0) is 18.1 Å². The average molecular weight is 429 g/mol. The van der Waals surface area contributed by atoms with Gasteiger partial charge in [0.25, 0.3) is 0 Å². The molecule has 0 aliphatic carbocycles. The molecule has 1 aromatic rings. The van der Waals surface area contributed by atoms with Gasteiger partial charge < -0.3 is 5.11 Å². The Labute approximate surface area is 190 Å². The van der Waals surface area contributed by atoms with Gasteiger partial charge in [-0.1, -0.05) is 134 Å². The van der Waals surface area contributed by atoms with Crippen LogP contribution in [-0.2, 0) is 9.59 Å². The van der Waals surface area contributed by atoms with Crippen molar-refractivity contribution in [2.24, 2.45) is 0 Å². The summed E-state index contributed by atoms with van der Waals surface area (Å²) >= 11 is 0. The van der Waals surface area contributed by atoms with Crippen molar-refractivity contribution in [2.45, 2.75) is 116 Å². The highest BCUT2D eigenvalue weighted by Crippen LogP contribution is 2.16. The van der Waals surface area contributed by atoms with Crippen molar-refractivity contribution in [3.63, 3.8) is 0 Å². The molecule has 3 nitrogen and oxygen atoms in total. The lowest BCUT2D eigenvalue weighted by Crippen LogP contribution is -2.03. The number of rotatable bonds is 20. The predicted octanol–water partition coefficient (Wildman–Crippen LogP) is 8.38. The maximum absolute atomic E-state index is 12.1. The number of carbonyl (C=O) groups is 2. The third-order valence-corrected chi connectivity index (χ3v) is 5.90. The summed E-state index contributed by atoms with van der Waals surface area (Å²) in [5.41, 5.74) is 0.664. The van der Waals surface area contributed by atoms with Crippen LogP contribution in [0.1, 0.15) is 122 Å². The monoisotopic (exact) mass is 428 g/mol. The standard InChI is InChI=1S/C28H44O3/c1-2-3-4-5-6-7-8-9-10-11-12-13-14-15-16-20-23-26(29)24-27(28(30)31)25-21-18-17-19-22-25/h17-19,21-22,24H,2-16,20,23H2,1H3,(H,30,31)/b27-24-. The maximum Gasteiger partial charge on any atom is 0.336 e. The number of aliphatic carboxylic acids is 1. The predicted molar refractivity (Wildman–Crippen MR) is 131 cm³/mol. The van der Waals surface area contributed by atoms with Gasteiger partial charge in [0.15, 0.2) is 5.78 Å². The number of carbonyl (C=O) groups excluding carboxylic acids is 1. The summed E-state index contributed by atoms with van der Waals surface area (Å²) in [7, 11) is 0. The van der Waals surface area contributed by atoms with Crippen molar-refractivity contribution in [2.75, 3.05) is 0 Å². The largest absolute Gasteiger partial charge is 0.478 e. The Balaban J connectivity index is 1.98. The highest BCUT2D eigenvalue weighted by Gasteiger charge is 2.12. The fourth-order valence-corrected chi connectivity index (χ4v) is 3.97. The van der Waals surface area contributed by atoms with Crippen molar-refractivity contribution in [1.82, 2.24) is 0 Å². The summed E-state index contributed by atoms with van der Waals surface area (Å²) in [6, 6.07) is 8.85. The molecule has 1 N–H and O–H groups in total. The third kappa shape index (κ3) is 14.7. The third-order valence-electron chi connectivity index (χ3n) is 5.90. The first-order valence-electron chi connectivity index (χ1n) is 12.7. The Morgan fingerprint density at radius 2 is 1.10 bits per heavy atom. The number of hydrogen-bond acceptors (Lipinski definition) is 2. The summed E-state index contributed by atoms with van der Waals surface area (Å²) in [6.07, 6.45) is 22.6. The highest BCUT2D eigenvalue weighted by atomic mass is 16.4. The average Bonchev–Trinajstić information content (AvgIpc) is 2.77. The number of carboxylic acid groups (broad SMARTS) is 1. The summed E-state index contributed by atoms with van der Waals surface area (Å²) in [4.78, 5) is 23.6. The van der Waals surface area contributed by atoms with Crippen LogP contribution < -0.4 is 0 Å². The molecule has 0 atom stereocenters. The summed E-state index contributed by atoms with van der Waals surface area (Å²) in [6.45, 7) is 2.27. The molecule has 0 radical (unpaired) electrons. The van der Waals surface area contributed by atoms with Crippen LogP contribution in [0.4, 0.5) is 0 Å². The minimum atomic E-state index is -1.05. The fourth-order valence-electron chi connectivity index (χ4n) is 3.97. The zero-order chi connectivity index (χ0) is 22.6. The van der Waals surface area contributed by atoms with Crippen LogP contribution in [0.5, 0.6) is 0 Å². The van der Waals surface area contributed by atoms with Crippen molar-refractivity contribution in [1.29, 1.82) is 0 Å². The molecule has 3 heteroatoms. The van der Waals surface area contributed by atoms with Crippen LogP contribution in [-0.4, -0.2) is 16.9 Å². The van der Waals surface area contributed by atoms with Crippen LogP contribution in [0.15, 0.2) is 36.4 Å². The van der Waals surface area contributed by atoms with E-state index in [1.165, 1.54) is 96.0 Å². The van der Waals surface area contributed by atoms with E-state index in [0.29, 0.717) is 12.0 Å². The van der Waals surface area contributed by atoms with Crippen molar-refractivity contribution in [3.8, 4) is 0 Å². The first-order valence-corrected chi connectivity index (χ1v) is 12.7. The minimum absolute atomic E-state index is 0.0853. The lowest BCUT2D eigenvalue weighted by atomic mass is 10.0. The molecule has 0 unspecified atom stereocenters. The van der Waals surface area contributed by atoms with Gasteiger partial charge in [0.1, 0.15) is 0 Å². The molecule has 1 aromatic carbocycles. The molecule has 0 amide bonds. The first-order chi connectivity index (χ1) is 15.1. The highest BCUT2D eigenvalue weighted by molar-refractivity contribution is 6.20. The molecule has 0 aliphatic heterocycles. The summed E-state index contributed by atoms with van der Waals surface area (Å²) in [5.74, 6) is -1.14. The molecule has 31 heavy (non-hydrogen) atoms. The van der Waals surface area contributed by atoms with Crippen molar-refractivity contribution in [3.05, 3.63) is 42.0 Å². The number of allylic oxidation sites excluding steroid dienone is 1. The lowest BCUT2D eigenvalue weighted by Gasteiger charge is -2.04. The van der Waals surface area contributed by atoms with E-state index < -0.39 is 5.97 Å². The topological polar surface area (TPSA) is 54.4 Å². The second-order valence-electron chi connectivity index (χ2n) is 8.75. The van der Waals surface area contributed by atoms with Gasteiger partial charge in [-0.15, -0.1) is 0 Å². The molecule has 174 valence electrons. The SMILES string of the molecule is CCCCCCCCCCCCCCCCCCC(=O)/C=C(\C(=O)O)c1ccccc1. The Bertz CT molecular complexity index is 618. The molecule has 0 saturated carbocycles. The van der Waals surface area contributed by atoms with Crippen molar-refractivity contribution >= 4 is 17.3 Å². The van der Waals surface area contributed by atoms with E-state index in [4.69, 9.17) is 0 Å². The van der Waals surface area contributed by atoms with Crippen LogP contribution in [0.3, 0.4) is 0 Å². The van der Waals surface area contributed by atoms with Gasteiger partial charge in [0, 0.05) is 6.42 Å². The van der Waals surface area contributed by atoms with E-state index in [1.54, 1.807) is 24.3 Å². The van der Waals surface area contributed by atoms with Crippen molar-refractivity contribution < 1.29 is 14.7 Å². The van der Waals surface area contributed by atoms with E-state index in [0.717, 1.165) is 12.8 Å². The van der Waals surface area contributed by atoms with Crippen LogP contribution >= 0.6 is 0 Å². The molecule has 1 rings (SSSR count). The van der Waals surface area contributed by atoms with Crippen LogP contribution in [0.2, 0.25) is 0 Å². The number of unbranched alkanes of at least 4 members (excludes halogenated alkanes) is 15. The Morgan fingerprint density at radius 1 is 0.677 bits per heavy atom. The van der Waals surface area contributed by atoms with Gasteiger partial charge >= 0.3 is 5.97 Å². The van der Waals surface area contributed by atoms with E-state index in [9.17, 15) is 14.7 Å². The van der Waals surface area contributed by atoms with Crippen LogP contribution in [0, 0.1) is 0 Å². The minimum Gasteiger partial charge on any atom is -0.478 e. The molecule has 0 aromatic heterocycles. The van der Waals surface area contributed by atoms with Gasteiger partial charge in [0.2, 0.25) is 0 Å². The molecule has 0 bridgehead atoms. The Morgan fingerprint density at radius 3 is 1.52 bits per heavy atom. The fraction of sp³-hybridized carbons (Fsp3) is 0.643. The molecular formula is C28H44O3. The van der Waals surface area contributed by atoms with E-state index in [1.807, 2.05) is 6.07 Å². The smallest absolute Gasteiger partial charge is 0.336 e.